The number of aryl methyl sites for hydroxylation is 1. The van der Waals surface area contributed by atoms with Crippen molar-refractivity contribution in [3.05, 3.63) is 29.3 Å². The number of nitrogens with one attached hydrogen (secondary N) is 1. The van der Waals surface area contributed by atoms with Gasteiger partial charge in [0.15, 0.2) is 0 Å². The molecule has 3 nitrogen and oxygen atoms in total. The predicted molar refractivity (Wildman–Crippen MR) is 69.3 cm³/mol. The summed E-state index contributed by atoms with van der Waals surface area (Å²) in [6.07, 6.45) is 0.383. The minimum absolute atomic E-state index is 0.0309. The first-order valence-corrected chi connectivity index (χ1v) is 5.76. The number of amides is 1. The fourth-order valence-electron chi connectivity index (χ4n) is 1.62. The van der Waals surface area contributed by atoms with Gasteiger partial charge in [-0.1, -0.05) is 12.1 Å². The molecule has 1 aromatic rings. The van der Waals surface area contributed by atoms with Gasteiger partial charge >= 0.3 is 0 Å². The van der Waals surface area contributed by atoms with E-state index >= 15 is 0 Å². The normalized spacial score (nSPS) is 11.1. The van der Waals surface area contributed by atoms with Crippen molar-refractivity contribution in [2.45, 2.75) is 39.7 Å². The molecule has 0 saturated carbocycles. The molecular formula is C14H21NO2. The molecule has 0 aliphatic heterocycles. The third kappa shape index (κ3) is 4.47. The van der Waals surface area contributed by atoms with E-state index in [1.165, 1.54) is 0 Å². The van der Waals surface area contributed by atoms with Crippen molar-refractivity contribution in [3.8, 4) is 5.75 Å². The first-order valence-electron chi connectivity index (χ1n) is 5.76. The molecule has 0 heterocycles. The van der Waals surface area contributed by atoms with Crippen LogP contribution in [0.2, 0.25) is 0 Å². The zero-order valence-electron chi connectivity index (χ0n) is 11.3. The summed E-state index contributed by atoms with van der Waals surface area (Å²) in [5.41, 5.74) is 1.85. The van der Waals surface area contributed by atoms with Gasteiger partial charge in [-0.15, -0.1) is 0 Å². The molecule has 0 radical (unpaired) electrons. The topological polar surface area (TPSA) is 38.3 Å². The molecule has 0 fully saturated rings. The van der Waals surface area contributed by atoms with Crippen LogP contribution >= 0.6 is 0 Å². The number of ether oxygens (including phenoxy) is 1. The smallest absolute Gasteiger partial charge is 0.224 e. The Bertz CT molecular complexity index is 405. The highest BCUT2D eigenvalue weighted by molar-refractivity contribution is 5.79. The van der Waals surface area contributed by atoms with Gasteiger partial charge in [-0.25, -0.2) is 0 Å². The molecule has 0 aliphatic carbocycles. The summed E-state index contributed by atoms with van der Waals surface area (Å²) < 4.78 is 5.24. The summed E-state index contributed by atoms with van der Waals surface area (Å²) in [7, 11) is 1.64. The summed E-state index contributed by atoms with van der Waals surface area (Å²) in [5, 5.41) is 2.94. The largest absolute Gasteiger partial charge is 0.496 e. The molecule has 0 spiro atoms. The summed E-state index contributed by atoms with van der Waals surface area (Å²) in [5.74, 6) is 0.856. The van der Waals surface area contributed by atoms with E-state index in [-0.39, 0.29) is 11.4 Å². The van der Waals surface area contributed by atoms with Crippen LogP contribution in [0.1, 0.15) is 31.9 Å². The van der Waals surface area contributed by atoms with E-state index in [1.807, 2.05) is 45.9 Å². The molecule has 1 aromatic carbocycles. The number of carbonyl (C=O) groups is 1. The van der Waals surface area contributed by atoms with Gasteiger partial charge in [0.25, 0.3) is 0 Å². The maximum atomic E-state index is 11.8. The first-order chi connectivity index (χ1) is 7.81. The van der Waals surface area contributed by atoms with E-state index in [0.717, 1.165) is 16.9 Å². The zero-order valence-corrected chi connectivity index (χ0v) is 11.3. The van der Waals surface area contributed by atoms with E-state index in [9.17, 15) is 4.79 Å². The van der Waals surface area contributed by atoms with E-state index in [1.54, 1.807) is 7.11 Å². The Balaban J connectivity index is 2.72. The molecule has 94 valence electrons. The molecule has 17 heavy (non-hydrogen) atoms. The Hall–Kier alpha value is -1.51. The standard InChI is InChI=1S/C14H21NO2/c1-10-6-7-11(8-12(10)17-5)9-13(16)15-14(2,3)4/h6-8H,9H2,1-5H3,(H,15,16). The Morgan fingerprint density at radius 1 is 1.35 bits per heavy atom. The third-order valence-electron chi connectivity index (χ3n) is 2.35. The van der Waals surface area contributed by atoms with Crippen LogP contribution < -0.4 is 10.1 Å². The molecule has 0 atom stereocenters. The van der Waals surface area contributed by atoms with Gasteiger partial charge in [0.2, 0.25) is 5.91 Å². The Morgan fingerprint density at radius 3 is 2.53 bits per heavy atom. The van der Waals surface area contributed by atoms with Gasteiger partial charge in [-0.2, -0.15) is 0 Å². The lowest BCUT2D eigenvalue weighted by Crippen LogP contribution is -2.41. The molecule has 3 heteroatoms. The number of methoxy groups -OCH3 is 1. The second kappa shape index (κ2) is 5.21. The summed E-state index contributed by atoms with van der Waals surface area (Å²) in [6, 6.07) is 5.84. The van der Waals surface area contributed by atoms with E-state index in [2.05, 4.69) is 5.32 Å². The lowest BCUT2D eigenvalue weighted by molar-refractivity contribution is -0.121. The number of benzene rings is 1. The summed E-state index contributed by atoms with van der Waals surface area (Å²) >= 11 is 0. The summed E-state index contributed by atoms with van der Waals surface area (Å²) in [6.45, 7) is 7.90. The SMILES string of the molecule is COc1cc(CC(=O)NC(C)(C)C)ccc1C. The maximum absolute atomic E-state index is 11.8. The van der Waals surface area contributed by atoms with E-state index < -0.39 is 0 Å². The van der Waals surface area contributed by atoms with Gasteiger partial charge in [0.1, 0.15) is 5.75 Å². The fraction of sp³-hybridized carbons (Fsp3) is 0.500. The van der Waals surface area contributed by atoms with Crippen LogP contribution in [-0.2, 0) is 11.2 Å². The highest BCUT2D eigenvalue weighted by Gasteiger charge is 2.14. The second-order valence-corrected chi connectivity index (χ2v) is 5.28. The maximum Gasteiger partial charge on any atom is 0.224 e. The highest BCUT2D eigenvalue weighted by Crippen LogP contribution is 2.19. The van der Waals surface area contributed by atoms with Crippen LogP contribution in [0.4, 0.5) is 0 Å². The van der Waals surface area contributed by atoms with Crippen molar-refractivity contribution < 1.29 is 9.53 Å². The van der Waals surface area contributed by atoms with Crippen molar-refractivity contribution in [2.75, 3.05) is 7.11 Å². The number of rotatable bonds is 3. The predicted octanol–water partition coefficient (Wildman–Crippen LogP) is 2.46. The van der Waals surface area contributed by atoms with Gasteiger partial charge in [0, 0.05) is 5.54 Å². The molecule has 0 unspecified atom stereocenters. The van der Waals surface area contributed by atoms with Gasteiger partial charge in [0.05, 0.1) is 13.5 Å². The monoisotopic (exact) mass is 235 g/mol. The summed E-state index contributed by atoms with van der Waals surface area (Å²) in [4.78, 5) is 11.8. The zero-order chi connectivity index (χ0) is 13.1. The lowest BCUT2D eigenvalue weighted by atomic mass is 10.1. The minimum atomic E-state index is -0.189. The quantitative estimate of drug-likeness (QED) is 0.874. The molecular weight excluding hydrogens is 214 g/mol. The van der Waals surface area contributed by atoms with Crippen molar-refractivity contribution in [3.63, 3.8) is 0 Å². The molecule has 0 aromatic heterocycles. The average Bonchev–Trinajstić information content (AvgIpc) is 2.18. The Labute approximate surface area is 103 Å². The van der Waals surface area contributed by atoms with Crippen LogP contribution in [0.3, 0.4) is 0 Å². The Kier molecular flexibility index (Phi) is 4.16. The fourth-order valence-corrected chi connectivity index (χ4v) is 1.62. The second-order valence-electron chi connectivity index (χ2n) is 5.28. The average molecular weight is 235 g/mol. The van der Waals surface area contributed by atoms with E-state index in [0.29, 0.717) is 6.42 Å². The van der Waals surface area contributed by atoms with Crippen molar-refractivity contribution in [1.82, 2.24) is 5.32 Å². The molecule has 1 amide bonds. The number of carbonyl (C=O) groups excluding carboxylic acids is 1. The van der Waals surface area contributed by atoms with Crippen LogP contribution in [0.25, 0.3) is 0 Å². The molecule has 0 bridgehead atoms. The number of hydrogen-bond donors (Lipinski definition) is 1. The van der Waals surface area contributed by atoms with Gasteiger partial charge < -0.3 is 10.1 Å². The third-order valence-corrected chi connectivity index (χ3v) is 2.35. The van der Waals surface area contributed by atoms with Crippen LogP contribution in [-0.4, -0.2) is 18.6 Å². The molecule has 1 N–H and O–H groups in total. The minimum Gasteiger partial charge on any atom is -0.496 e. The van der Waals surface area contributed by atoms with Crippen LogP contribution in [0.5, 0.6) is 5.75 Å². The molecule has 1 rings (SSSR count). The lowest BCUT2D eigenvalue weighted by Gasteiger charge is -2.20. The van der Waals surface area contributed by atoms with Gasteiger partial charge in [-0.3, -0.25) is 4.79 Å². The highest BCUT2D eigenvalue weighted by atomic mass is 16.5. The Morgan fingerprint density at radius 2 is 2.00 bits per heavy atom. The van der Waals surface area contributed by atoms with Crippen LogP contribution in [0.15, 0.2) is 18.2 Å². The molecule has 0 aliphatic rings. The van der Waals surface area contributed by atoms with Crippen LogP contribution in [0, 0.1) is 6.92 Å². The van der Waals surface area contributed by atoms with Gasteiger partial charge in [-0.05, 0) is 44.9 Å². The number of hydrogen-bond acceptors (Lipinski definition) is 2. The van der Waals surface area contributed by atoms with E-state index in [4.69, 9.17) is 4.74 Å². The van der Waals surface area contributed by atoms with Crippen molar-refractivity contribution in [2.24, 2.45) is 0 Å². The van der Waals surface area contributed by atoms with Crippen molar-refractivity contribution >= 4 is 5.91 Å². The molecule has 0 saturated heterocycles. The first kappa shape index (κ1) is 13.6. The van der Waals surface area contributed by atoms with Crippen molar-refractivity contribution in [1.29, 1.82) is 0 Å².